The molecule has 0 radical (unpaired) electrons. The molecule has 3 rings (SSSR count). The minimum Gasteiger partial charge on any atom is -0.382 e. The van der Waals surface area contributed by atoms with E-state index in [1.807, 2.05) is 18.2 Å². The van der Waals surface area contributed by atoms with Gasteiger partial charge in [0.25, 0.3) is 0 Å². The molecule has 4 heteroatoms. The van der Waals surface area contributed by atoms with Crippen LogP contribution in [0.2, 0.25) is 0 Å². The highest BCUT2D eigenvalue weighted by molar-refractivity contribution is 5.73. The van der Waals surface area contributed by atoms with Gasteiger partial charge in [-0.15, -0.1) is 0 Å². The van der Waals surface area contributed by atoms with Crippen LogP contribution in [0.5, 0.6) is 0 Å². The minimum absolute atomic E-state index is 0.500. The first kappa shape index (κ1) is 10.2. The average Bonchev–Trinajstić information content (AvgIpc) is 3.11. The highest BCUT2D eigenvalue weighted by Gasteiger charge is 2.30. The number of nitrogens with zero attached hydrogens (tertiary/aromatic N) is 2. The topological polar surface area (TPSA) is 69.9 Å². The zero-order valence-corrected chi connectivity index (χ0v) is 9.85. The maximum absolute atomic E-state index is 6.05. The molecular weight excluding hydrogens is 212 g/mol. The van der Waals surface area contributed by atoms with Crippen LogP contribution in [0, 0.1) is 6.92 Å². The molecule has 1 heterocycles. The maximum Gasteiger partial charge on any atom is 0.150 e. The second-order valence-corrected chi connectivity index (χ2v) is 4.66. The van der Waals surface area contributed by atoms with Gasteiger partial charge in [-0.05, 0) is 25.3 Å². The third-order valence-electron chi connectivity index (χ3n) is 3.32. The molecule has 4 N–H and O–H groups in total. The van der Waals surface area contributed by atoms with Crippen molar-refractivity contribution in [2.45, 2.75) is 25.7 Å². The molecule has 17 heavy (non-hydrogen) atoms. The average molecular weight is 228 g/mol. The molecule has 1 saturated carbocycles. The quantitative estimate of drug-likeness (QED) is 0.773. The van der Waals surface area contributed by atoms with Crippen LogP contribution in [0.15, 0.2) is 24.3 Å². The number of hydrogen-bond acceptors (Lipinski definition) is 3. The predicted octanol–water partition coefficient (Wildman–Crippen LogP) is 2.03. The smallest absolute Gasteiger partial charge is 0.150 e. The molecule has 4 nitrogen and oxygen atoms in total. The Morgan fingerprint density at radius 1 is 1.29 bits per heavy atom. The van der Waals surface area contributed by atoms with Crippen molar-refractivity contribution >= 4 is 5.82 Å². The van der Waals surface area contributed by atoms with E-state index in [9.17, 15) is 0 Å². The fraction of sp³-hybridized carbons (Fsp3) is 0.308. The Kier molecular flexibility index (Phi) is 2.11. The monoisotopic (exact) mass is 228 g/mol. The van der Waals surface area contributed by atoms with Gasteiger partial charge in [-0.25, -0.2) is 9.66 Å². The van der Waals surface area contributed by atoms with Crippen molar-refractivity contribution in [3.8, 4) is 11.3 Å². The molecule has 0 unspecified atom stereocenters. The Labute approximate surface area is 100 Å². The van der Waals surface area contributed by atoms with E-state index in [1.54, 1.807) is 4.68 Å². The third-order valence-corrected chi connectivity index (χ3v) is 3.32. The van der Waals surface area contributed by atoms with Gasteiger partial charge in [0.1, 0.15) is 11.5 Å². The lowest BCUT2D eigenvalue weighted by Gasteiger charge is -2.03. The summed E-state index contributed by atoms with van der Waals surface area (Å²) in [4.78, 5) is 4.62. The number of nitrogen functional groups attached to an aromatic ring is 2. The standard InChI is InChI=1S/C13H16N4/c1-8-4-2-3-5-10(8)11-12(14)17(15)13(16-11)9-6-7-9/h2-5,9H,6-7,14-15H2,1H3. The number of hydrogen-bond donors (Lipinski definition) is 2. The van der Waals surface area contributed by atoms with E-state index in [1.165, 1.54) is 18.4 Å². The molecule has 0 amide bonds. The highest BCUT2D eigenvalue weighted by atomic mass is 15.4. The van der Waals surface area contributed by atoms with Gasteiger partial charge in [-0.1, -0.05) is 24.3 Å². The van der Waals surface area contributed by atoms with E-state index >= 15 is 0 Å². The molecule has 1 aromatic heterocycles. The summed E-state index contributed by atoms with van der Waals surface area (Å²) in [5.74, 6) is 7.94. The number of rotatable bonds is 2. The van der Waals surface area contributed by atoms with Gasteiger partial charge in [-0.3, -0.25) is 0 Å². The highest BCUT2D eigenvalue weighted by Crippen LogP contribution is 2.41. The Balaban J connectivity index is 2.15. The van der Waals surface area contributed by atoms with Crippen molar-refractivity contribution in [3.05, 3.63) is 35.7 Å². The third kappa shape index (κ3) is 1.56. The molecule has 0 atom stereocenters. The molecule has 1 aliphatic carbocycles. The maximum atomic E-state index is 6.05. The fourth-order valence-corrected chi connectivity index (χ4v) is 2.13. The summed E-state index contributed by atoms with van der Waals surface area (Å²) in [6.07, 6.45) is 2.34. The van der Waals surface area contributed by atoms with Crippen molar-refractivity contribution in [2.75, 3.05) is 11.6 Å². The van der Waals surface area contributed by atoms with E-state index in [4.69, 9.17) is 11.6 Å². The van der Waals surface area contributed by atoms with Gasteiger partial charge >= 0.3 is 0 Å². The summed E-state index contributed by atoms with van der Waals surface area (Å²) in [5.41, 5.74) is 9.09. The molecule has 88 valence electrons. The lowest BCUT2D eigenvalue weighted by Crippen LogP contribution is -2.14. The molecule has 1 aliphatic rings. The van der Waals surface area contributed by atoms with Gasteiger partial charge in [0.15, 0.2) is 5.82 Å². The summed E-state index contributed by atoms with van der Waals surface area (Å²) >= 11 is 0. The van der Waals surface area contributed by atoms with E-state index in [2.05, 4.69) is 18.0 Å². The fourth-order valence-electron chi connectivity index (χ4n) is 2.13. The number of aryl methyl sites for hydroxylation is 1. The van der Waals surface area contributed by atoms with Gasteiger partial charge in [0.2, 0.25) is 0 Å². The lowest BCUT2D eigenvalue weighted by molar-refractivity contribution is 0.855. The first-order chi connectivity index (χ1) is 8.18. The number of nitrogens with two attached hydrogens (primary N) is 2. The number of anilines is 1. The Morgan fingerprint density at radius 2 is 2.00 bits per heavy atom. The summed E-state index contributed by atoms with van der Waals surface area (Å²) in [6, 6.07) is 8.09. The normalized spacial score (nSPS) is 15.1. The van der Waals surface area contributed by atoms with Crippen LogP contribution >= 0.6 is 0 Å². The summed E-state index contributed by atoms with van der Waals surface area (Å²) in [7, 11) is 0. The van der Waals surface area contributed by atoms with Crippen molar-refractivity contribution < 1.29 is 0 Å². The van der Waals surface area contributed by atoms with Crippen LogP contribution in [0.25, 0.3) is 11.3 Å². The molecule has 0 saturated heterocycles. The first-order valence-electron chi connectivity index (χ1n) is 5.87. The van der Waals surface area contributed by atoms with Crippen LogP contribution in [-0.2, 0) is 0 Å². The first-order valence-corrected chi connectivity index (χ1v) is 5.87. The zero-order valence-electron chi connectivity index (χ0n) is 9.85. The van der Waals surface area contributed by atoms with Crippen LogP contribution in [0.4, 0.5) is 5.82 Å². The Bertz CT molecular complexity index is 567. The summed E-state index contributed by atoms with van der Waals surface area (Å²) < 4.78 is 1.54. The van der Waals surface area contributed by atoms with Crippen LogP contribution in [0.1, 0.15) is 30.1 Å². The predicted molar refractivity (Wildman–Crippen MR) is 68.9 cm³/mol. The second-order valence-electron chi connectivity index (χ2n) is 4.66. The van der Waals surface area contributed by atoms with Crippen molar-refractivity contribution in [2.24, 2.45) is 0 Å². The van der Waals surface area contributed by atoms with Crippen molar-refractivity contribution in [1.29, 1.82) is 0 Å². The molecule has 0 aliphatic heterocycles. The number of imidazole rings is 1. The van der Waals surface area contributed by atoms with Crippen LogP contribution < -0.4 is 11.6 Å². The van der Waals surface area contributed by atoms with Gasteiger partial charge in [0.05, 0.1) is 0 Å². The molecule has 0 bridgehead atoms. The number of aromatic nitrogens is 2. The van der Waals surface area contributed by atoms with E-state index in [0.29, 0.717) is 11.7 Å². The van der Waals surface area contributed by atoms with Crippen LogP contribution in [-0.4, -0.2) is 9.66 Å². The van der Waals surface area contributed by atoms with E-state index in [0.717, 1.165) is 17.1 Å². The molecular formula is C13H16N4. The molecule has 2 aromatic rings. The SMILES string of the molecule is Cc1ccccc1-c1nc(C2CC2)n(N)c1N. The Morgan fingerprint density at radius 3 is 2.65 bits per heavy atom. The summed E-state index contributed by atoms with van der Waals surface area (Å²) in [6.45, 7) is 2.06. The largest absolute Gasteiger partial charge is 0.382 e. The van der Waals surface area contributed by atoms with Gasteiger partial charge in [-0.2, -0.15) is 0 Å². The number of benzene rings is 1. The van der Waals surface area contributed by atoms with E-state index in [-0.39, 0.29) is 0 Å². The van der Waals surface area contributed by atoms with Gasteiger partial charge in [0, 0.05) is 11.5 Å². The molecule has 1 aromatic carbocycles. The minimum atomic E-state index is 0.500. The van der Waals surface area contributed by atoms with Crippen molar-refractivity contribution in [3.63, 3.8) is 0 Å². The summed E-state index contributed by atoms with van der Waals surface area (Å²) in [5, 5.41) is 0. The second kappa shape index (κ2) is 3.52. The Hall–Kier alpha value is -1.97. The zero-order chi connectivity index (χ0) is 12.0. The molecule has 1 fully saturated rings. The lowest BCUT2D eigenvalue weighted by atomic mass is 10.1. The van der Waals surface area contributed by atoms with Crippen LogP contribution in [0.3, 0.4) is 0 Å². The molecule has 0 spiro atoms. The van der Waals surface area contributed by atoms with E-state index < -0.39 is 0 Å². The van der Waals surface area contributed by atoms with Crippen molar-refractivity contribution in [1.82, 2.24) is 9.66 Å². The van der Waals surface area contributed by atoms with Gasteiger partial charge < -0.3 is 11.6 Å².